The summed E-state index contributed by atoms with van der Waals surface area (Å²) in [6, 6.07) is 30.0. The standard InChI is InChI=1S/C25H25N5OS/c31-23(27-18-10-17-26-21-13-6-2-7-14-21)19-32-25-29-28-24(20-11-4-1-5-12-20)30(25)22-15-8-3-9-16-22/h1-9,11-16,26H,10,17-19H2,(H,27,31). The molecule has 32 heavy (non-hydrogen) atoms. The summed E-state index contributed by atoms with van der Waals surface area (Å²) >= 11 is 1.39. The van der Waals surface area contributed by atoms with Crippen molar-refractivity contribution >= 4 is 23.4 Å². The number of hydrogen-bond acceptors (Lipinski definition) is 5. The van der Waals surface area contributed by atoms with Crippen molar-refractivity contribution in [3.63, 3.8) is 0 Å². The van der Waals surface area contributed by atoms with Crippen molar-refractivity contribution in [2.45, 2.75) is 11.6 Å². The first-order chi connectivity index (χ1) is 15.8. The molecule has 162 valence electrons. The van der Waals surface area contributed by atoms with Gasteiger partial charge in [0.1, 0.15) is 0 Å². The molecule has 0 unspecified atom stereocenters. The minimum Gasteiger partial charge on any atom is -0.385 e. The van der Waals surface area contributed by atoms with Crippen molar-refractivity contribution in [1.82, 2.24) is 20.1 Å². The van der Waals surface area contributed by atoms with Crippen LogP contribution in [0.1, 0.15) is 6.42 Å². The van der Waals surface area contributed by atoms with Gasteiger partial charge in [-0.3, -0.25) is 9.36 Å². The van der Waals surface area contributed by atoms with Gasteiger partial charge in [0.05, 0.1) is 5.75 Å². The van der Waals surface area contributed by atoms with Crippen molar-refractivity contribution in [2.24, 2.45) is 0 Å². The molecule has 0 saturated carbocycles. The lowest BCUT2D eigenvalue weighted by Crippen LogP contribution is -2.27. The molecule has 0 aliphatic heterocycles. The van der Waals surface area contributed by atoms with E-state index in [1.165, 1.54) is 11.8 Å². The van der Waals surface area contributed by atoms with E-state index < -0.39 is 0 Å². The van der Waals surface area contributed by atoms with Crippen LogP contribution in [0.3, 0.4) is 0 Å². The molecule has 0 fully saturated rings. The summed E-state index contributed by atoms with van der Waals surface area (Å²) in [5.74, 6) is 1.02. The first-order valence-corrected chi connectivity index (χ1v) is 11.5. The number of benzene rings is 3. The Kier molecular flexibility index (Phi) is 7.55. The molecule has 0 radical (unpaired) electrons. The van der Waals surface area contributed by atoms with E-state index in [-0.39, 0.29) is 11.7 Å². The zero-order valence-electron chi connectivity index (χ0n) is 17.6. The second-order valence-electron chi connectivity index (χ2n) is 7.13. The second kappa shape index (κ2) is 11.2. The maximum Gasteiger partial charge on any atom is 0.230 e. The third-order valence-corrected chi connectivity index (χ3v) is 5.72. The molecular weight excluding hydrogens is 418 g/mol. The Hall–Kier alpha value is -3.58. The highest BCUT2D eigenvalue weighted by Gasteiger charge is 2.16. The Bertz CT molecular complexity index is 1120. The molecule has 0 aliphatic rings. The number of aromatic nitrogens is 3. The van der Waals surface area contributed by atoms with Gasteiger partial charge in [-0.15, -0.1) is 10.2 Å². The van der Waals surface area contributed by atoms with Crippen LogP contribution in [-0.2, 0) is 4.79 Å². The maximum atomic E-state index is 12.4. The number of hydrogen-bond donors (Lipinski definition) is 2. The maximum absolute atomic E-state index is 12.4. The predicted octanol–water partition coefficient (Wildman–Crippen LogP) is 4.64. The molecule has 0 aliphatic carbocycles. The summed E-state index contributed by atoms with van der Waals surface area (Å²) in [6.45, 7) is 1.43. The van der Waals surface area contributed by atoms with Crippen LogP contribution in [0.4, 0.5) is 5.69 Å². The largest absolute Gasteiger partial charge is 0.385 e. The van der Waals surface area contributed by atoms with E-state index in [0.29, 0.717) is 11.7 Å². The van der Waals surface area contributed by atoms with Crippen LogP contribution >= 0.6 is 11.8 Å². The van der Waals surface area contributed by atoms with Crippen molar-refractivity contribution in [2.75, 3.05) is 24.2 Å². The van der Waals surface area contributed by atoms with E-state index in [2.05, 4.69) is 20.8 Å². The van der Waals surface area contributed by atoms with E-state index in [9.17, 15) is 4.79 Å². The Morgan fingerprint density at radius 3 is 2.19 bits per heavy atom. The fourth-order valence-corrected chi connectivity index (χ4v) is 4.02. The van der Waals surface area contributed by atoms with E-state index in [0.717, 1.165) is 35.7 Å². The van der Waals surface area contributed by atoms with Crippen molar-refractivity contribution in [3.05, 3.63) is 91.0 Å². The molecular formula is C25H25N5OS. The van der Waals surface area contributed by atoms with Gasteiger partial charge >= 0.3 is 0 Å². The quantitative estimate of drug-likeness (QED) is 0.276. The van der Waals surface area contributed by atoms with Gasteiger partial charge in [-0.1, -0.05) is 78.5 Å². The number of nitrogens with one attached hydrogen (secondary N) is 2. The SMILES string of the molecule is O=C(CSc1nnc(-c2ccccc2)n1-c1ccccc1)NCCCNc1ccccc1. The van der Waals surface area contributed by atoms with Crippen LogP contribution in [0.2, 0.25) is 0 Å². The molecule has 4 rings (SSSR count). The van der Waals surface area contributed by atoms with Gasteiger partial charge in [-0.05, 0) is 30.7 Å². The monoisotopic (exact) mass is 443 g/mol. The van der Waals surface area contributed by atoms with E-state index in [1.807, 2.05) is 95.6 Å². The summed E-state index contributed by atoms with van der Waals surface area (Å²) in [4.78, 5) is 12.4. The van der Waals surface area contributed by atoms with Gasteiger partial charge < -0.3 is 10.6 Å². The lowest BCUT2D eigenvalue weighted by atomic mass is 10.2. The highest BCUT2D eigenvalue weighted by molar-refractivity contribution is 7.99. The third-order valence-electron chi connectivity index (χ3n) is 4.79. The normalized spacial score (nSPS) is 10.6. The van der Waals surface area contributed by atoms with Gasteiger partial charge in [-0.25, -0.2) is 0 Å². The fourth-order valence-electron chi connectivity index (χ4n) is 3.23. The molecule has 6 nitrogen and oxygen atoms in total. The predicted molar refractivity (Wildman–Crippen MR) is 130 cm³/mol. The van der Waals surface area contributed by atoms with Gasteiger partial charge in [0.2, 0.25) is 5.91 Å². The average molecular weight is 444 g/mol. The molecule has 0 spiro atoms. The van der Waals surface area contributed by atoms with E-state index in [4.69, 9.17) is 0 Å². The molecule has 0 atom stereocenters. The zero-order valence-corrected chi connectivity index (χ0v) is 18.5. The van der Waals surface area contributed by atoms with Crippen molar-refractivity contribution < 1.29 is 4.79 Å². The molecule has 4 aromatic rings. The number of rotatable bonds is 10. The highest BCUT2D eigenvalue weighted by atomic mass is 32.2. The topological polar surface area (TPSA) is 71.8 Å². The molecule has 3 aromatic carbocycles. The van der Waals surface area contributed by atoms with Gasteiger partial charge in [0.25, 0.3) is 0 Å². The Balaban J connectivity index is 1.34. The van der Waals surface area contributed by atoms with Crippen LogP contribution in [0.5, 0.6) is 0 Å². The number of anilines is 1. The van der Waals surface area contributed by atoms with Crippen LogP contribution in [-0.4, -0.2) is 39.5 Å². The number of carbonyl (C=O) groups excluding carboxylic acids is 1. The lowest BCUT2D eigenvalue weighted by Gasteiger charge is -2.10. The smallest absolute Gasteiger partial charge is 0.230 e. The summed E-state index contributed by atoms with van der Waals surface area (Å²) in [6.07, 6.45) is 0.851. The summed E-state index contributed by atoms with van der Waals surface area (Å²) in [5, 5.41) is 15.8. The molecule has 1 aromatic heterocycles. The molecule has 0 bridgehead atoms. The first kappa shape index (κ1) is 21.6. The number of para-hydroxylation sites is 2. The third kappa shape index (κ3) is 5.76. The number of amides is 1. The molecule has 0 saturated heterocycles. The summed E-state index contributed by atoms with van der Waals surface area (Å²) < 4.78 is 2.00. The minimum absolute atomic E-state index is 0.0152. The second-order valence-corrected chi connectivity index (χ2v) is 8.07. The Morgan fingerprint density at radius 2 is 1.47 bits per heavy atom. The van der Waals surface area contributed by atoms with Crippen molar-refractivity contribution in [3.8, 4) is 17.1 Å². The van der Waals surface area contributed by atoms with Gasteiger partial charge in [0, 0.05) is 30.0 Å². The average Bonchev–Trinajstić information content (AvgIpc) is 3.28. The minimum atomic E-state index is -0.0152. The Labute approximate surface area is 192 Å². The summed E-state index contributed by atoms with van der Waals surface area (Å²) in [5.41, 5.74) is 3.03. The van der Waals surface area contributed by atoms with Gasteiger partial charge in [-0.2, -0.15) is 0 Å². The van der Waals surface area contributed by atoms with E-state index in [1.54, 1.807) is 0 Å². The zero-order chi connectivity index (χ0) is 22.0. The fraction of sp³-hybridized carbons (Fsp3) is 0.160. The first-order valence-electron chi connectivity index (χ1n) is 10.6. The van der Waals surface area contributed by atoms with E-state index >= 15 is 0 Å². The molecule has 1 amide bonds. The summed E-state index contributed by atoms with van der Waals surface area (Å²) in [7, 11) is 0. The van der Waals surface area contributed by atoms with Crippen LogP contribution in [0.25, 0.3) is 17.1 Å². The number of carbonyl (C=O) groups is 1. The number of thioether (sulfide) groups is 1. The van der Waals surface area contributed by atoms with Gasteiger partial charge in [0.15, 0.2) is 11.0 Å². The van der Waals surface area contributed by atoms with Crippen LogP contribution < -0.4 is 10.6 Å². The Morgan fingerprint density at radius 1 is 0.812 bits per heavy atom. The number of nitrogens with zero attached hydrogens (tertiary/aromatic N) is 3. The van der Waals surface area contributed by atoms with Crippen LogP contribution in [0, 0.1) is 0 Å². The van der Waals surface area contributed by atoms with Crippen molar-refractivity contribution in [1.29, 1.82) is 0 Å². The van der Waals surface area contributed by atoms with Crippen LogP contribution in [0.15, 0.2) is 96.2 Å². The lowest BCUT2D eigenvalue weighted by molar-refractivity contribution is -0.118. The molecule has 7 heteroatoms. The molecule has 2 N–H and O–H groups in total. The highest BCUT2D eigenvalue weighted by Crippen LogP contribution is 2.27. The molecule has 1 heterocycles.